The van der Waals surface area contributed by atoms with Crippen LogP contribution in [-0.4, -0.2) is 207 Å². The average molecular weight is 833 g/mol. The molecule has 0 aromatic rings. The number of carboxylic acids is 3. The number of carbonyl (C=O) groups excluding carboxylic acids is 2. The highest BCUT2D eigenvalue weighted by atomic mass is 16.7. The number of ether oxygens (including phenoxy) is 5. The minimum absolute atomic E-state index is 0.0992. The van der Waals surface area contributed by atoms with Crippen molar-refractivity contribution in [1.29, 1.82) is 0 Å². The molecule has 2 atom stereocenters. The van der Waals surface area contributed by atoms with Crippen molar-refractivity contribution in [3.05, 3.63) is 12.2 Å². The molecule has 2 saturated heterocycles. The average Bonchev–Trinajstić information content (AvgIpc) is 3.52. The molecule has 5 N–H and O–H groups in total. The minimum Gasteiger partial charge on any atom is -0.480 e. The van der Waals surface area contributed by atoms with Crippen molar-refractivity contribution in [3.63, 3.8) is 0 Å². The van der Waals surface area contributed by atoms with Crippen LogP contribution < -0.4 is 10.6 Å². The lowest BCUT2D eigenvalue weighted by atomic mass is 10.0. The summed E-state index contributed by atoms with van der Waals surface area (Å²) in [5, 5.41) is 33.3. The van der Waals surface area contributed by atoms with Gasteiger partial charge in [0, 0.05) is 79.2 Å². The number of nitrogens with zero attached hydrogens (tertiary/aromatic N) is 4. The van der Waals surface area contributed by atoms with Crippen LogP contribution in [0.3, 0.4) is 0 Å². The zero-order valence-electron chi connectivity index (χ0n) is 35.7. The maximum atomic E-state index is 12.6. The second-order valence-corrected chi connectivity index (χ2v) is 14.5. The van der Waals surface area contributed by atoms with Crippen molar-refractivity contribution in [2.75, 3.05) is 119 Å². The Labute approximate surface area is 344 Å². The summed E-state index contributed by atoms with van der Waals surface area (Å²) in [5.74, 6) is -3.14. The standard InChI is InChI=1S/C23H43N5O8.C14H23NO5.C2H6/c1-4-36-23(2,3)5-6-24-19(29)15-25-7-9-26(16-20(30)31)11-13-28(18-22(34)35)14-12-27(10-8-25)17-21(32)33;1-17-9-8-15-14(16)18-10-13-19-11-6-4-2-3-5-7-12(11)20-13;1-2/h4-18H2,1-3H3,(H,24,29)(H,30,31)(H,32,33)(H,34,35);2-3,11-13H,4-10H2,1H3,(H,15,16);1-2H3/b;3-2+;. The molecule has 2 unspecified atom stereocenters. The molecule has 2 aliphatic heterocycles. The first kappa shape index (κ1) is 52.6. The molecule has 2 fully saturated rings. The van der Waals surface area contributed by atoms with Crippen LogP contribution >= 0.6 is 0 Å². The monoisotopic (exact) mass is 833 g/mol. The Morgan fingerprint density at radius 3 is 1.53 bits per heavy atom. The molecule has 0 spiro atoms. The smallest absolute Gasteiger partial charge is 0.407 e. The van der Waals surface area contributed by atoms with Gasteiger partial charge in [0.15, 0.2) is 6.29 Å². The molecule has 2 heterocycles. The van der Waals surface area contributed by atoms with Gasteiger partial charge in [-0.2, -0.15) is 0 Å². The molecule has 19 nitrogen and oxygen atoms in total. The number of carbonyl (C=O) groups is 5. The van der Waals surface area contributed by atoms with Gasteiger partial charge in [-0.25, -0.2) is 4.79 Å². The lowest BCUT2D eigenvalue weighted by Gasteiger charge is -2.33. The number of methoxy groups -OCH3 is 1. The summed E-state index contributed by atoms with van der Waals surface area (Å²) in [4.78, 5) is 65.0. The summed E-state index contributed by atoms with van der Waals surface area (Å²) < 4.78 is 27.1. The van der Waals surface area contributed by atoms with Crippen LogP contribution in [-0.2, 0) is 42.9 Å². The highest BCUT2D eigenvalue weighted by Gasteiger charge is 2.36. The van der Waals surface area contributed by atoms with E-state index < -0.39 is 30.3 Å². The number of allylic oxidation sites excluding steroid dienone is 2. The summed E-state index contributed by atoms with van der Waals surface area (Å²) in [6.07, 6.45) is 8.27. The number of nitrogens with one attached hydrogen (secondary N) is 2. The molecule has 0 aromatic carbocycles. The number of fused-ring (bicyclic) bond motifs is 1. The second kappa shape index (κ2) is 30.6. The first-order chi connectivity index (χ1) is 27.7. The number of hydrogen-bond donors (Lipinski definition) is 5. The molecule has 58 heavy (non-hydrogen) atoms. The fourth-order valence-electron chi connectivity index (χ4n) is 6.40. The molecule has 3 rings (SSSR count). The van der Waals surface area contributed by atoms with Gasteiger partial charge in [0.2, 0.25) is 5.91 Å². The topological polar surface area (TPSA) is 229 Å². The number of carboxylic acid groups (broad SMARTS) is 3. The Kier molecular flexibility index (Phi) is 27.7. The Hall–Kier alpha value is -3.43. The molecule has 19 heteroatoms. The van der Waals surface area contributed by atoms with Gasteiger partial charge in [0.1, 0.15) is 6.61 Å². The first-order valence-electron chi connectivity index (χ1n) is 20.5. The number of rotatable bonds is 18. The predicted octanol–water partition coefficient (Wildman–Crippen LogP) is 1.41. The quantitative estimate of drug-likeness (QED) is 0.0972. The zero-order chi connectivity index (χ0) is 43.3. The predicted molar refractivity (Wildman–Crippen MR) is 216 cm³/mol. The van der Waals surface area contributed by atoms with Gasteiger partial charge in [-0.3, -0.25) is 38.8 Å². The normalized spacial score (nSPS) is 22.1. The van der Waals surface area contributed by atoms with Gasteiger partial charge in [0.05, 0.1) is 50.6 Å². The molecule has 2 amide bonds. The van der Waals surface area contributed by atoms with Gasteiger partial charge < -0.3 is 49.6 Å². The largest absolute Gasteiger partial charge is 0.480 e. The SMILES string of the molecule is CC.CCOC(C)(C)CCNC(=O)CN1CCN(CC(=O)O)CCN(CC(=O)O)CCN(CC(=O)O)CC1.COCCNC(=O)OCC1OC2CC/C=C/CCC2O1. The van der Waals surface area contributed by atoms with E-state index in [4.69, 9.17) is 23.7 Å². The number of aliphatic carboxylic acids is 3. The molecule has 0 aromatic heterocycles. The van der Waals surface area contributed by atoms with Crippen LogP contribution in [0.4, 0.5) is 4.79 Å². The van der Waals surface area contributed by atoms with E-state index in [9.17, 15) is 39.3 Å². The maximum absolute atomic E-state index is 12.6. The van der Waals surface area contributed by atoms with Crippen molar-refractivity contribution < 1.29 is 63.0 Å². The lowest BCUT2D eigenvalue weighted by Crippen LogP contribution is -2.50. The van der Waals surface area contributed by atoms with Crippen molar-refractivity contribution >= 4 is 29.9 Å². The number of amides is 2. The van der Waals surface area contributed by atoms with Crippen molar-refractivity contribution in [1.82, 2.24) is 30.2 Å². The third kappa shape index (κ3) is 25.1. The lowest BCUT2D eigenvalue weighted by molar-refractivity contribution is -0.140. The Bertz CT molecular complexity index is 1180. The van der Waals surface area contributed by atoms with Gasteiger partial charge in [0.25, 0.3) is 0 Å². The molecule has 3 aliphatic rings. The molecule has 0 bridgehead atoms. The minimum atomic E-state index is -1.00. The molecular formula is C39H72N6O13. The van der Waals surface area contributed by atoms with Crippen LogP contribution in [0.25, 0.3) is 0 Å². The molecular weight excluding hydrogens is 760 g/mol. The highest BCUT2D eigenvalue weighted by molar-refractivity contribution is 5.78. The highest BCUT2D eigenvalue weighted by Crippen LogP contribution is 2.28. The van der Waals surface area contributed by atoms with E-state index in [-0.39, 0.29) is 56.5 Å². The van der Waals surface area contributed by atoms with Crippen LogP contribution in [0.15, 0.2) is 12.2 Å². The fourth-order valence-corrected chi connectivity index (χ4v) is 6.40. The van der Waals surface area contributed by atoms with Gasteiger partial charge in [-0.05, 0) is 52.9 Å². The molecule has 1 aliphatic carbocycles. The van der Waals surface area contributed by atoms with E-state index in [0.29, 0.717) is 85.1 Å². The molecule has 0 saturated carbocycles. The van der Waals surface area contributed by atoms with Crippen LogP contribution in [0.1, 0.15) is 66.7 Å². The van der Waals surface area contributed by atoms with E-state index in [0.717, 1.165) is 25.7 Å². The molecule has 336 valence electrons. The third-order valence-electron chi connectivity index (χ3n) is 9.35. The van der Waals surface area contributed by atoms with Crippen LogP contribution in [0.5, 0.6) is 0 Å². The second-order valence-electron chi connectivity index (χ2n) is 14.5. The third-order valence-corrected chi connectivity index (χ3v) is 9.35. The zero-order valence-corrected chi connectivity index (χ0v) is 35.7. The first-order valence-corrected chi connectivity index (χ1v) is 20.5. The van der Waals surface area contributed by atoms with Gasteiger partial charge in [-0.1, -0.05) is 26.0 Å². The van der Waals surface area contributed by atoms with E-state index in [1.807, 2.05) is 39.5 Å². The van der Waals surface area contributed by atoms with Crippen LogP contribution in [0.2, 0.25) is 0 Å². The van der Waals surface area contributed by atoms with E-state index >= 15 is 0 Å². The van der Waals surface area contributed by atoms with E-state index in [1.54, 1.807) is 21.8 Å². The number of hydrogen-bond acceptors (Lipinski definition) is 14. The van der Waals surface area contributed by atoms with Crippen molar-refractivity contribution in [3.8, 4) is 0 Å². The molecule has 0 radical (unpaired) electrons. The summed E-state index contributed by atoms with van der Waals surface area (Å²) in [6.45, 7) is 14.3. The Balaban J connectivity index is 0.000000640. The van der Waals surface area contributed by atoms with Crippen LogP contribution in [0, 0.1) is 0 Å². The van der Waals surface area contributed by atoms with Crippen molar-refractivity contribution in [2.45, 2.75) is 90.8 Å². The Morgan fingerprint density at radius 2 is 1.14 bits per heavy atom. The summed E-state index contributed by atoms with van der Waals surface area (Å²) in [5.41, 5.74) is -0.349. The number of alkyl carbamates (subject to hydrolysis) is 1. The summed E-state index contributed by atoms with van der Waals surface area (Å²) >= 11 is 0. The Morgan fingerprint density at radius 1 is 0.707 bits per heavy atom. The van der Waals surface area contributed by atoms with E-state index in [2.05, 4.69) is 22.8 Å². The fraction of sp³-hybridized carbons (Fsp3) is 0.821. The van der Waals surface area contributed by atoms with Crippen molar-refractivity contribution in [2.24, 2.45) is 0 Å². The van der Waals surface area contributed by atoms with Gasteiger partial charge in [-0.15, -0.1) is 0 Å². The maximum Gasteiger partial charge on any atom is 0.407 e. The summed E-state index contributed by atoms with van der Waals surface area (Å²) in [6, 6.07) is 0. The van der Waals surface area contributed by atoms with Gasteiger partial charge >= 0.3 is 24.0 Å². The van der Waals surface area contributed by atoms with E-state index in [1.165, 1.54) is 0 Å². The summed E-state index contributed by atoms with van der Waals surface area (Å²) in [7, 11) is 1.58.